The summed E-state index contributed by atoms with van der Waals surface area (Å²) in [4.78, 5) is 2.17. The first kappa shape index (κ1) is 16.2. The summed E-state index contributed by atoms with van der Waals surface area (Å²) in [6.45, 7) is 9.65. The SMILES string of the molecule is CC1OCCC1N(C)c1cccc(F)c1CNC(C)(C)C. The van der Waals surface area contributed by atoms with Gasteiger partial charge in [-0.1, -0.05) is 6.07 Å². The van der Waals surface area contributed by atoms with Crippen LogP contribution in [0.5, 0.6) is 0 Å². The van der Waals surface area contributed by atoms with E-state index < -0.39 is 0 Å². The number of hydrogen-bond donors (Lipinski definition) is 1. The molecule has 1 N–H and O–H groups in total. The molecule has 2 rings (SSSR count). The lowest BCUT2D eigenvalue weighted by Crippen LogP contribution is -2.39. The second-order valence-corrected chi connectivity index (χ2v) is 6.88. The van der Waals surface area contributed by atoms with Gasteiger partial charge in [0.25, 0.3) is 0 Å². The number of hydrogen-bond acceptors (Lipinski definition) is 3. The summed E-state index contributed by atoms with van der Waals surface area (Å²) in [5.41, 5.74) is 1.64. The van der Waals surface area contributed by atoms with Crippen molar-refractivity contribution < 1.29 is 9.13 Å². The predicted molar refractivity (Wildman–Crippen MR) is 85.2 cm³/mol. The van der Waals surface area contributed by atoms with Gasteiger partial charge < -0.3 is 15.0 Å². The highest BCUT2D eigenvalue weighted by Crippen LogP contribution is 2.29. The summed E-state index contributed by atoms with van der Waals surface area (Å²) >= 11 is 0. The molecule has 0 aromatic heterocycles. The lowest BCUT2D eigenvalue weighted by Gasteiger charge is -2.31. The largest absolute Gasteiger partial charge is 0.376 e. The van der Waals surface area contributed by atoms with Gasteiger partial charge in [-0.15, -0.1) is 0 Å². The van der Waals surface area contributed by atoms with Gasteiger partial charge in [0, 0.05) is 37.0 Å². The molecule has 0 saturated carbocycles. The highest BCUT2D eigenvalue weighted by Gasteiger charge is 2.29. The fourth-order valence-corrected chi connectivity index (χ4v) is 2.81. The van der Waals surface area contributed by atoms with Crippen LogP contribution < -0.4 is 10.2 Å². The Labute approximate surface area is 127 Å². The zero-order valence-corrected chi connectivity index (χ0v) is 13.7. The minimum absolute atomic E-state index is 0.0398. The molecule has 0 amide bonds. The van der Waals surface area contributed by atoms with Gasteiger partial charge in [-0.05, 0) is 46.2 Å². The molecule has 0 spiro atoms. The number of likely N-dealkylation sites (N-methyl/N-ethyl adjacent to an activating group) is 1. The molecule has 0 radical (unpaired) electrons. The van der Waals surface area contributed by atoms with Gasteiger partial charge in [0.05, 0.1) is 12.1 Å². The van der Waals surface area contributed by atoms with Crippen LogP contribution in [0.2, 0.25) is 0 Å². The van der Waals surface area contributed by atoms with Crippen molar-refractivity contribution in [3.63, 3.8) is 0 Å². The van der Waals surface area contributed by atoms with E-state index in [4.69, 9.17) is 4.74 Å². The Bertz CT molecular complexity index is 484. The molecule has 3 nitrogen and oxygen atoms in total. The monoisotopic (exact) mass is 294 g/mol. The second-order valence-electron chi connectivity index (χ2n) is 6.88. The van der Waals surface area contributed by atoms with Crippen LogP contribution in [0.4, 0.5) is 10.1 Å². The van der Waals surface area contributed by atoms with E-state index >= 15 is 0 Å². The number of halogens is 1. The number of nitrogens with one attached hydrogen (secondary N) is 1. The summed E-state index contributed by atoms with van der Waals surface area (Å²) in [6.07, 6.45) is 1.17. The van der Waals surface area contributed by atoms with Gasteiger partial charge in [0.2, 0.25) is 0 Å². The Morgan fingerprint density at radius 3 is 2.67 bits per heavy atom. The van der Waals surface area contributed by atoms with Crippen LogP contribution in [-0.4, -0.2) is 31.3 Å². The third-order valence-electron chi connectivity index (χ3n) is 4.10. The predicted octanol–water partition coefficient (Wildman–Crippen LogP) is 3.33. The second kappa shape index (κ2) is 6.32. The van der Waals surface area contributed by atoms with Gasteiger partial charge >= 0.3 is 0 Å². The molecular formula is C17H27FN2O. The van der Waals surface area contributed by atoms with E-state index in [9.17, 15) is 4.39 Å². The maximum atomic E-state index is 14.3. The number of rotatable bonds is 4. The van der Waals surface area contributed by atoms with Gasteiger partial charge in [-0.3, -0.25) is 0 Å². The van der Waals surface area contributed by atoms with E-state index in [2.05, 4.69) is 37.9 Å². The summed E-state index contributed by atoms with van der Waals surface area (Å²) in [7, 11) is 2.03. The highest BCUT2D eigenvalue weighted by atomic mass is 19.1. The van der Waals surface area contributed by atoms with Crippen LogP contribution in [0.15, 0.2) is 18.2 Å². The van der Waals surface area contributed by atoms with Crippen molar-refractivity contribution in [2.24, 2.45) is 0 Å². The van der Waals surface area contributed by atoms with Gasteiger partial charge in [-0.2, -0.15) is 0 Å². The van der Waals surface area contributed by atoms with Gasteiger partial charge in [-0.25, -0.2) is 4.39 Å². The van der Waals surface area contributed by atoms with Crippen molar-refractivity contribution in [3.8, 4) is 0 Å². The molecule has 1 heterocycles. The Kier molecular flexibility index (Phi) is 4.89. The summed E-state index contributed by atoms with van der Waals surface area (Å²) in [5, 5.41) is 3.38. The van der Waals surface area contributed by atoms with Crippen molar-refractivity contribution >= 4 is 5.69 Å². The fourth-order valence-electron chi connectivity index (χ4n) is 2.81. The van der Waals surface area contributed by atoms with E-state index in [1.807, 2.05) is 13.1 Å². The molecule has 21 heavy (non-hydrogen) atoms. The fraction of sp³-hybridized carbons (Fsp3) is 0.647. The van der Waals surface area contributed by atoms with Crippen molar-refractivity contribution in [1.82, 2.24) is 5.32 Å². The zero-order chi connectivity index (χ0) is 15.6. The summed E-state index contributed by atoms with van der Waals surface area (Å²) in [5.74, 6) is -0.150. The third-order valence-corrected chi connectivity index (χ3v) is 4.10. The lowest BCUT2D eigenvalue weighted by atomic mass is 10.0. The van der Waals surface area contributed by atoms with E-state index in [0.29, 0.717) is 12.6 Å². The van der Waals surface area contributed by atoms with Crippen LogP contribution in [0, 0.1) is 5.82 Å². The number of benzene rings is 1. The maximum Gasteiger partial charge on any atom is 0.129 e. The molecule has 0 bridgehead atoms. The Morgan fingerprint density at radius 2 is 2.10 bits per heavy atom. The van der Waals surface area contributed by atoms with E-state index in [0.717, 1.165) is 24.3 Å². The smallest absolute Gasteiger partial charge is 0.129 e. The number of ether oxygens (including phenoxy) is 1. The number of anilines is 1. The lowest BCUT2D eigenvalue weighted by molar-refractivity contribution is 0.118. The first-order valence-electron chi connectivity index (χ1n) is 7.66. The standard InChI is InChI=1S/C17H27FN2O/c1-12-15(9-10-21-12)20(5)16-8-6-7-14(18)13(16)11-19-17(2,3)4/h6-8,12,15,19H,9-11H2,1-5H3. The van der Waals surface area contributed by atoms with Crippen LogP contribution in [0.1, 0.15) is 39.7 Å². The van der Waals surface area contributed by atoms with Crippen LogP contribution in [0.25, 0.3) is 0 Å². The molecule has 4 heteroatoms. The minimum Gasteiger partial charge on any atom is -0.376 e. The third kappa shape index (κ3) is 3.95. The average Bonchev–Trinajstić information content (AvgIpc) is 2.81. The quantitative estimate of drug-likeness (QED) is 0.922. The molecule has 1 fully saturated rings. The Balaban J connectivity index is 2.24. The topological polar surface area (TPSA) is 24.5 Å². The highest BCUT2D eigenvalue weighted by molar-refractivity contribution is 5.54. The van der Waals surface area contributed by atoms with Crippen molar-refractivity contribution in [3.05, 3.63) is 29.6 Å². The molecule has 1 aromatic rings. The van der Waals surface area contributed by atoms with Gasteiger partial charge in [0.1, 0.15) is 5.82 Å². The van der Waals surface area contributed by atoms with Crippen molar-refractivity contribution in [2.75, 3.05) is 18.6 Å². The van der Waals surface area contributed by atoms with E-state index in [-0.39, 0.29) is 17.5 Å². The van der Waals surface area contributed by atoms with Crippen LogP contribution >= 0.6 is 0 Å². The molecule has 1 saturated heterocycles. The van der Waals surface area contributed by atoms with Gasteiger partial charge in [0.15, 0.2) is 0 Å². The minimum atomic E-state index is -0.150. The average molecular weight is 294 g/mol. The normalized spacial score (nSPS) is 22.6. The molecule has 0 aliphatic carbocycles. The van der Waals surface area contributed by atoms with E-state index in [1.165, 1.54) is 6.07 Å². The molecular weight excluding hydrogens is 267 g/mol. The zero-order valence-electron chi connectivity index (χ0n) is 13.7. The molecule has 1 aromatic carbocycles. The maximum absolute atomic E-state index is 14.3. The molecule has 2 unspecified atom stereocenters. The van der Waals surface area contributed by atoms with Crippen molar-refractivity contribution in [1.29, 1.82) is 0 Å². The Hall–Kier alpha value is -1.13. The van der Waals surface area contributed by atoms with Crippen LogP contribution in [0.3, 0.4) is 0 Å². The summed E-state index contributed by atoms with van der Waals surface area (Å²) in [6, 6.07) is 5.61. The molecule has 118 valence electrons. The Morgan fingerprint density at radius 1 is 1.38 bits per heavy atom. The first-order valence-corrected chi connectivity index (χ1v) is 7.66. The number of nitrogens with zero attached hydrogens (tertiary/aromatic N) is 1. The van der Waals surface area contributed by atoms with E-state index in [1.54, 1.807) is 6.07 Å². The first-order chi connectivity index (χ1) is 9.79. The summed E-state index contributed by atoms with van der Waals surface area (Å²) < 4.78 is 19.9. The van der Waals surface area contributed by atoms with Crippen LogP contribution in [-0.2, 0) is 11.3 Å². The molecule has 2 atom stereocenters. The molecule has 1 aliphatic heterocycles. The van der Waals surface area contributed by atoms with Crippen molar-refractivity contribution in [2.45, 2.75) is 58.3 Å². The molecule has 1 aliphatic rings.